The summed E-state index contributed by atoms with van der Waals surface area (Å²) < 4.78 is 0. The fraction of sp³-hybridized carbons (Fsp3) is 0.0667. The molecule has 0 saturated carbocycles. The molecule has 20 heavy (non-hydrogen) atoms. The minimum atomic E-state index is -0.411. The highest BCUT2D eigenvalue weighted by atomic mass is 35.5. The molecule has 2 aromatic carbocycles. The molecule has 2 aromatic rings. The van der Waals surface area contributed by atoms with Crippen LogP contribution < -0.4 is 5.32 Å². The Labute approximate surface area is 126 Å². The van der Waals surface area contributed by atoms with Gasteiger partial charge < -0.3 is 5.32 Å². The normalized spacial score (nSPS) is 10.2. The molecule has 0 spiro atoms. The van der Waals surface area contributed by atoms with Gasteiger partial charge in [-0.25, -0.2) is 0 Å². The number of para-hydroxylation sites is 1. The number of carbonyl (C=O) groups excluding carboxylic acids is 2. The SMILES string of the molecule is CC(=O)c1ccccc1NC(=O)c1cc(Cl)ccc1Cl. The minimum absolute atomic E-state index is 0.127. The average Bonchev–Trinajstić information content (AvgIpc) is 2.41. The van der Waals surface area contributed by atoms with Crippen molar-refractivity contribution in [2.45, 2.75) is 6.92 Å². The Morgan fingerprint density at radius 3 is 2.40 bits per heavy atom. The molecule has 0 heterocycles. The van der Waals surface area contributed by atoms with Gasteiger partial charge in [-0.1, -0.05) is 35.3 Å². The van der Waals surface area contributed by atoms with Gasteiger partial charge in [-0.05, 0) is 37.3 Å². The van der Waals surface area contributed by atoms with Gasteiger partial charge >= 0.3 is 0 Å². The third-order valence-electron chi connectivity index (χ3n) is 2.73. The number of ketones is 1. The van der Waals surface area contributed by atoms with Crippen molar-refractivity contribution >= 4 is 40.6 Å². The monoisotopic (exact) mass is 307 g/mol. The van der Waals surface area contributed by atoms with E-state index in [1.807, 2.05) is 0 Å². The first-order valence-corrected chi connectivity index (χ1v) is 6.61. The smallest absolute Gasteiger partial charge is 0.257 e. The van der Waals surface area contributed by atoms with Crippen LogP contribution in [0, 0.1) is 0 Å². The van der Waals surface area contributed by atoms with E-state index in [2.05, 4.69) is 5.32 Å². The van der Waals surface area contributed by atoms with Crippen molar-refractivity contribution in [1.29, 1.82) is 0 Å². The quantitative estimate of drug-likeness (QED) is 0.852. The summed E-state index contributed by atoms with van der Waals surface area (Å²) in [6, 6.07) is 11.4. The highest BCUT2D eigenvalue weighted by Crippen LogP contribution is 2.23. The van der Waals surface area contributed by atoms with Crippen molar-refractivity contribution in [3.8, 4) is 0 Å². The number of amides is 1. The van der Waals surface area contributed by atoms with Gasteiger partial charge in [-0.3, -0.25) is 9.59 Å². The Hall–Kier alpha value is -1.84. The molecule has 0 aromatic heterocycles. The van der Waals surface area contributed by atoms with Crippen LogP contribution in [0.25, 0.3) is 0 Å². The van der Waals surface area contributed by atoms with Gasteiger partial charge in [0, 0.05) is 10.6 Å². The molecular weight excluding hydrogens is 297 g/mol. The summed E-state index contributed by atoms with van der Waals surface area (Å²) >= 11 is 11.8. The summed E-state index contributed by atoms with van der Waals surface area (Å²) in [4.78, 5) is 23.7. The Kier molecular flexibility index (Phi) is 4.42. The molecule has 0 aliphatic carbocycles. The molecule has 0 radical (unpaired) electrons. The van der Waals surface area contributed by atoms with Crippen molar-refractivity contribution in [1.82, 2.24) is 0 Å². The number of Topliss-reactive ketones (excluding diaryl/α,β-unsaturated/α-hetero) is 1. The van der Waals surface area contributed by atoms with Gasteiger partial charge in [0.1, 0.15) is 0 Å². The molecule has 0 fully saturated rings. The Bertz CT molecular complexity index is 683. The first kappa shape index (κ1) is 14.6. The van der Waals surface area contributed by atoms with Crippen LogP contribution in [0.3, 0.4) is 0 Å². The Balaban J connectivity index is 2.33. The van der Waals surface area contributed by atoms with Crippen LogP contribution in [0.1, 0.15) is 27.6 Å². The van der Waals surface area contributed by atoms with Gasteiger partial charge in [-0.15, -0.1) is 0 Å². The van der Waals surface area contributed by atoms with E-state index in [-0.39, 0.29) is 11.3 Å². The first-order valence-electron chi connectivity index (χ1n) is 5.85. The fourth-order valence-corrected chi connectivity index (χ4v) is 2.14. The molecule has 0 unspecified atom stereocenters. The summed E-state index contributed by atoms with van der Waals surface area (Å²) in [5, 5.41) is 3.39. The molecule has 2 rings (SSSR count). The van der Waals surface area contributed by atoms with Crippen LogP contribution in [0.15, 0.2) is 42.5 Å². The summed E-state index contributed by atoms with van der Waals surface area (Å²) in [6.07, 6.45) is 0. The maximum Gasteiger partial charge on any atom is 0.257 e. The lowest BCUT2D eigenvalue weighted by Crippen LogP contribution is -2.14. The lowest BCUT2D eigenvalue weighted by molar-refractivity contribution is 0.101. The molecule has 0 bridgehead atoms. The minimum Gasteiger partial charge on any atom is -0.321 e. The van der Waals surface area contributed by atoms with Gasteiger partial charge in [0.25, 0.3) is 5.91 Å². The second-order valence-electron chi connectivity index (χ2n) is 4.18. The van der Waals surface area contributed by atoms with Crippen molar-refractivity contribution < 1.29 is 9.59 Å². The standard InChI is InChI=1S/C15H11Cl2NO2/c1-9(19)11-4-2-3-5-14(11)18-15(20)12-8-10(16)6-7-13(12)17/h2-8H,1H3,(H,18,20). The molecule has 102 valence electrons. The van der Waals surface area contributed by atoms with E-state index in [4.69, 9.17) is 23.2 Å². The number of benzene rings is 2. The zero-order valence-electron chi connectivity index (χ0n) is 10.6. The molecule has 0 atom stereocenters. The van der Waals surface area contributed by atoms with E-state index in [1.165, 1.54) is 13.0 Å². The number of halogens is 2. The number of carbonyl (C=O) groups is 2. The number of hydrogen-bond acceptors (Lipinski definition) is 2. The van der Waals surface area contributed by atoms with E-state index in [1.54, 1.807) is 36.4 Å². The Morgan fingerprint density at radius 1 is 1.00 bits per heavy atom. The molecule has 1 N–H and O–H groups in total. The second-order valence-corrected chi connectivity index (χ2v) is 5.02. The summed E-state index contributed by atoms with van der Waals surface area (Å²) in [5.41, 5.74) is 1.15. The van der Waals surface area contributed by atoms with Gasteiger partial charge in [0.2, 0.25) is 0 Å². The predicted molar refractivity (Wildman–Crippen MR) is 80.9 cm³/mol. The van der Waals surface area contributed by atoms with Crippen LogP contribution in [0.4, 0.5) is 5.69 Å². The van der Waals surface area contributed by atoms with Crippen molar-refractivity contribution in [3.63, 3.8) is 0 Å². The molecule has 0 aliphatic rings. The third kappa shape index (κ3) is 3.18. The van der Waals surface area contributed by atoms with E-state index in [0.717, 1.165) is 0 Å². The number of hydrogen-bond donors (Lipinski definition) is 1. The number of nitrogens with one attached hydrogen (secondary N) is 1. The van der Waals surface area contributed by atoms with Crippen LogP contribution in [-0.4, -0.2) is 11.7 Å². The molecule has 5 heteroatoms. The average molecular weight is 308 g/mol. The van der Waals surface area contributed by atoms with E-state index < -0.39 is 5.91 Å². The van der Waals surface area contributed by atoms with Gasteiger partial charge in [0.15, 0.2) is 5.78 Å². The maximum atomic E-state index is 12.2. The second kappa shape index (κ2) is 6.07. The zero-order valence-corrected chi connectivity index (χ0v) is 12.1. The largest absolute Gasteiger partial charge is 0.321 e. The lowest BCUT2D eigenvalue weighted by Gasteiger charge is -2.10. The van der Waals surface area contributed by atoms with Crippen LogP contribution in [0.5, 0.6) is 0 Å². The molecule has 1 amide bonds. The zero-order chi connectivity index (χ0) is 14.7. The van der Waals surface area contributed by atoms with E-state index in [0.29, 0.717) is 21.3 Å². The van der Waals surface area contributed by atoms with E-state index >= 15 is 0 Å². The van der Waals surface area contributed by atoms with Crippen molar-refractivity contribution in [3.05, 3.63) is 63.6 Å². The summed E-state index contributed by atoms with van der Waals surface area (Å²) in [7, 11) is 0. The maximum absolute atomic E-state index is 12.2. The molecule has 3 nitrogen and oxygen atoms in total. The third-order valence-corrected chi connectivity index (χ3v) is 3.29. The fourth-order valence-electron chi connectivity index (χ4n) is 1.76. The van der Waals surface area contributed by atoms with Crippen molar-refractivity contribution in [2.24, 2.45) is 0 Å². The van der Waals surface area contributed by atoms with Crippen LogP contribution in [0.2, 0.25) is 10.0 Å². The molecule has 0 aliphatic heterocycles. The van der Waals surface area contributed by atoms with Crippen molar-refractivity contribution in [2.75, 3.05) is 5.32 Å². The van der Waals surface area contributed by atoms with E-state index in [9.17, 15) is 9.59 Å². The van der Waals surface area contributed by atoms with Crippen LogP contribution in [-0.2, 0) is 0 Å². The summed E-state index contributed by atoms with van der Waals surface area (Å²) in [6.45, 7) is 1.44. The first-order chi connectivity index (χ1) is 9.49. The highest BCUT2D eigenvalue weighted by Gasteiger charge is 2.14. The Morgan fingerprint density at radius 2 is 1.70 bits per heavy atom. The lowest BCUT2D eigenvalue weighted by atomic mass is 10.1. The van der Waals surface area contributed by atoms with Gasteiger partial charge in [0.05, 0.1) is 16.3 Å². The van der Waals surface area contributed by atoms with Gasteiger partial charge in [-0.2, -0.15) is 0 Å². The number of rotatable bonds is 3. The number of anilines is 1. The molecular formula is C15H11Cl2NO2. The highest BCUT2D eigenvalue weighted by molar-refractivity contribution is 6.36. The summed E-state index contributed by atoms with van der Waals surface area (Å²) in [5.74, 6) is -0.538. The predicted octanol–water partition coefficient (Wildman–Crippen LogP) is 4.45. The molecule has 0 saturated heterocycles. The topological polar surface area (TPSA) is 46.2 Å². The van der Waals surface area contributed by atoms with Crippen LogP contribution >= 0.6 is 23.2 Å².